The Bertz CT molecular complexity index is 1210. The Kier molecular flexibility index (Phi) is 4.30. The highest BCUT2D eigenvalue weighted by molar-refractivity contribution is 5.87. The molecule has 1 fully saturated rings. The van der Waals surface area contributed by atoms with Gasteiger partial charge in [-0.25, -0.2) is 9.50 Å². The molecule has 5 rings (SSSR count). The average molecular weight is 387 g/mol. The lowest BCUT2D eigenvalue weighted by Gasteiger charge is -2.22. The third-order valence-corrected chi connectivity index (χ3v) is 5.39. The van der Waals surface area contributed by atoms with Crippen LogP contribution in [0.4, 0.5) is 4.39 Å². The summed E-state index contributed by atoms with van der Waals surface area (Å²) < 4.78 is 17.0. The van der Waals surface area contributed by atoms with Crippen molar-refractivity contribution in [3.63, 3.8) is 0 Å². The average Bonchev–Trinajstić information content (AvgIpc) is 3.41. The zero-order valence-electron chi connectivity index (χ0n) is 15.6. The molecule has 0 bridgehead atoms. The van der Waals surface area contributed by atoms with Crippen LogP contribution >= 0.6 is 0 Å². The highest BCUT2D eigenvalue weighted by Gasteiger charge is 2.18. The molecular weight excluding hydrogens is 369 g/mol. The minimum absolute atomic E-state index is 0.393. The van der Waals surface area contributed by atoms with Crippen LogP contribution in [0.3, 0.4) is 0 Å². The van der Waals surface area contributed by atoms with E-state index < -0.39 is 5.95 Å². The molecule has 29 heavy (non-hydrogen) atoms. The number of fused-ring (bicyclic) bond motifs is 1. The Morgan fingerprint density at radius 2 is 1.90 bits per heavy atom. The van der Waals surface area contributed by atoms with Crippen LogP contribution in [-0.2, 0) is 0 Å². The third-order valence-electron chi connectivity index (χ3n) is 5.39. The van der Waals surface area contributed by atoms with Gasteiger partial charge in [0.25, 0.3) is 0 Å². The summed E-state index contributed by atoms with van der Waals surface area (Å²) in [5.74, 6) is -0.543. The molecule has 0 spiro atoms. The van der Waals surface area contributed by atoms with Crippen LogP contribution < -0.4 is 5.32 Å². The molecule has 4 aromatic heterocycles. The Morgan fingerprint density at radius 3 is 2.66 bits per heavy atom. The fourth-order valence-corrected chi connectivity index (χ4v) is 3.87. The maximum atomic E-state index is 13.3. The number of rotatable bonds is 3. The first-order valence-corrected chi connectivity index (χ1v) is 9.51. The molecule has 0 radical (unpaired) electrons. The number of hydrogen-bond acceptors (Lipinski definition) is 5. The molecule has 0 saturated carbocycles. The first-order valence-electron chi connectivity index (χ1n) is 9.51. The summed E-state index contributed by atoms with van der Waals surface area (Å²) in [5, 5.41) is 21.8. The van der Waals surface area contributed by atoms with Gasteiger partial charge in [0, 0.05) is 40.8 Å². The second-order valence-electron chi connectivity index (χ2n) is 7.17. The van der Waals surface area contributed by atoms with Gasteiger partial charge in [-0.15, -0.1) is 0 Å². The highest BCUT2D eigenvalue weighted by Crippen LogP contribution is 2.32. The summed E-state index contributed by atoms with van der Waals surface area (Å²) in [7, 11) is 0. The maximum absolute atomic E-state index is 13.3. The van der Waals surface area contributed by atoms with Gasteiger partial charge in [-0.3, -0.25) is 4.68 Å². The maximum Gasteiger partial charge on any atom is 0.212 e. The summed E-state index contributed by atoms with van der Waals surface area (Å²) >= 11 is 0. The molecule has 7 nitrogen and oxygen atoms in total. The van der Waals surface area contributed by atoms with Crippen molar-refractivity contribution in [2.75, 3.05) is 13.1 Å². The van der Waals surface area contributed by atoms with E-state index in [9.17, 15) is 9.65 Å². The molecule has 0 unspecified atom stereocenters. The van der Waals surface area contributed by atoms with Crippen LogP contribution in [0.15, 0.2) is 49.2 Å². The molecule has 1 N–H and O–H groups in total. The fraction of sp³-hybridized carbons (Fsp3) is 0.238. The van der Waals surface area contributed by atoms with Gasteiger partial charge < -0.3 is 5.32 Å². The molecule has 144 valence electrons. The van der Waals surface area contributed by atoms with E-state index in [1.54, 1.807) is 10.6 Å². The summed E-state index contributed by atoms with van der Waals surface area (Å²) in [6.07, 6.45) is 10.9. The largest absolute Gasteiger partial charge is 0.317 e. The lowest BCUT2D eigenvalue weighted by atomic mass is 10.0. The summed E-state index contributed by atoms with van der Waals surface area (Å²) in [6.45, 7) is 2.00. The predicted octanol–water partition coefficient (Wildman–Crippen LogP) is 3.20. The van der Waals surface area contributed by atoms with E-state index in [1.165, 1.54) is 18.5 Å². The van der Waals surface area contributed by atoms with Crippen LogP contribution in [0, 0.1) is 17.3 Å². The van der Waals surface area contributed by atoms with Crippen LogP contribution in [0.1, 0.15) is 24.4 Å². The minimum atomic E-state index is -0.543. The number of halogens is 1. The zero-order valence-corrected chi connectivity index (χ0v) is 15.6. The van der Waals surface area contributed by atoms with E-state index in [1.807, 2.05) is 23.1 Å². The van der Waals surface area contributed by atoms with Crippen molar-refractivity contribution in [1.82, 2.24) is 29.7 Å². The standard InChI is InChI=1S/C21H18FN7/c22-20-2-1-14(9-25-20)19-7-15(12-29-21(19)16(8-23)10-27-29)17-11-26-28(13-17)18-3-5-24-6-4-18/h1-2,7,9-13,18,24H,3-6H2. The molecule has 1 aliphatic heterocycles. The number of aromatic nitrogens is 5. The monoisotopic (exact) mass is 387 g/mol. The predicted molar refractivity (Wildman–Crippen MR) is 105 cm³/mol. The molecule has 5 heterocycles. The molecule has 1 saturated heterocycles. The number of nitrogens with one attached hydrogen (secondary N) is 1. The van der Waals surface area contributed by atoms with Crippen LogP contribution in [-0.4, -0.2) is 37.5 Å². The SMILES string of the molecule is N#Cc1cnn2cc(-c3cnn(C4CCNCC4)c3)cc(-c3ccc(F)nc3)c12. The second-order valence-corrected chi connectivity index (χ2v) is 7.17. The minimum Gasteiger partial charge on any atom is -0.317 e. The zero-order chi connectivity index (χ0) is 19.8. The molecule has 8 heteroatoms. The van der Waals surface area contributed by atoms with E-state index in [-0.39, 0.29) is 0 Å². The Morgan fingerprint density at radius 1 is 1.03 bits per heavy atom. The number of pyridine rings is 2. The fourth-order valence-electron chi connectivity index (χ4n) is 3.87. The smallest absolute Gasteiger partial charge is 0.212 e. The lowest BCUT2D eigenvalue weighted by molar-refractivity contribution is 0.343. The number of hydrogen-bond donors (Lipinski definition) is 1. The quantitative estimate of drug-likeness (QED) is 0.546. The summed E-state index contributed by atoms with van der Waals surface area (Å²) in [4.78, 5) is 3.77. The van der Waals surface area contributed by atoms with Gasteiger partial charge >= 0.3 is 0 Å². The van der Waals surface area contributed by atoms with Crippen molar-refractivity contribution in [3.05, 3.63) is 60.7 Å². The molecular formula is C21H18FN7. The topological polar surface area (TPSA) is 83.8 Å². The van der Waals surface area contributed by atoms with Gasteiger partial charge in [0.05, 0.1) is 29.5 Å². The van der Waals surface area contributed by atoms with Crippen LogP contribution in [0.2, 0.25) is 0 Å². The summed E-state index contributed by atoms with van der Waals surface area (Å²) in [5.41, 5.74) is 4.52. The van der Waals surface area contributed by atoms with Crippen molar-refractivity contribution in [3.8, 4) is 28.3 Å². The molecule has 0 atom stereocenters. The normalized spacial score (nSPS) is 14.9. The number of nitrogens with zero attached hydrogens (tertiary/aromatic N) is 6. The van der Waals surface area contributed by atoms with E-state index in [2.05, 4.69) is 32.8 Å². The number of nitriles is 1. The Balaban J connectivity index is 1.63. The lowest BCUT2D eigenvalue weighted by Crippen LogP contribution is -2.29. The van der Waals surface area contributed by atoms with Crippen molar-refractivity contribution in [1.29, 1.82) is 5.26 Å². The van der Waals surface area contributed by atoms with Crippen molar-refractivity contribution >= 4 is 5.52 Å². The molecule has 4 aromatic rings. The van der Waals surface area contributed by atoms with Crippen molar-refractivity contribution in [2.45, 2.75) is 18.9 Å². The van der Waals surface area contributed by atoms with Gasteiger partial charge in [-0.05, 0) is 44.1 Å². The van der Waals surface area contributed by atoms with Crippen LogP contribution in [0.5, 0.6) is 0 Å². The van der Waals surface area contributed by atoms with Crippen LogP contribution in [0.25, 0.3) is 27.8 Å². The van der Waals surface area contributed by atoms with E-state index in [0.29, 0.717) is 17.1 Å². The van der Waals surface area contributed by atoms with Crippen molar-refractivity contribution in [2.24, 2.45) is 0 Å². The summed E-state index contributed by atoms with van der Waals surface area (Å²) in [6, 6.07) is 7.53. The van der Waals surface area contributed by atoms with Gasteiger partial charge in [0.1, 0.15) is 6.07 Å². The van der Waals surface area contributed by atoms with Gasteiger partial charge in [-0.2, -0.15) is 19.8 Å². The first-order chi connectivity index (χ1) is 14.2. The molecule has 0 aliphatic carbocycles. The van der Waals surface area contributed by atoms with Gasteiger partial charge in [0.15, 0.2) is 0 Å². The Hall–Kier alpha value is -3.57. The highest BCUT2D eigenvalue weighted by atomic mass is 19.1. The van der Waals surface area contributed by atoms with Gasteiger partial charge in [0.2, 0.25) is 5.95 Å². The second kappa shape index (κ2) is 7.11. The molecule has 0 aromatic carbocycles. The molecule has 0 amide bonds. The third kappa shape index (κ3) is 3.15. The van der Waals surface area contributed by atoms with E-state index in [0.717, 1.165) is 48.2 Å². The van der Waals surface area contributed by atoms with E-state index in [4.69, 9.17) is 0 Å². The molecule has 1 aliphatic rings. The van der Waals surface area contributed by atoms with Gasteiger partial charge in [-0.1, -0.05) is 0 Å². The number of piperidine rings is 1. The Labute approximate surface area is 166 Å². The van der Waals surface area contributed by atoms with E-state index >= 15 is 0 Å². The van der Waals surface area contributed by atoms with Crippen molar-refractivity contribution < 1.29 is 4.39 Å². The first kappa shape index (κ1) is 17.5.